The summed E-state index contributed by atoms with van der Waals surface area (Å²) in [6.45, 7) is 14.2. The van der Waals surface area contributed by atoms with Gasteiger partial charge in [0.05, 0.1) is 10.7 Å². The first-order valence-electron chi connectivity index (χ1n) is 11.7. The van der Waals surface area contributed by atoms with Crippen LogP contribution in [0.1, 0.15) is 64.1 Å². The summed E-state index contributed by atoms with van der Waals surface area (Å²) >= 11 is 1.69. The zero-order valence-corrected chi connectivity index (χ0v) is 20.6. The number of hydrogen-bond donors (Lipinski definition) is 1. The number of aromatic nitrogens is 1. The van der Waals surface area contributed by atoms with E-state index in [0.717, 1.165) is 68.6 Å². The first-order valence-corrected chi connectivity index (χ1v) is 12.6. The highest BCUT2D eigenvalue weighted by Crippen LogP contribution is 2.32. The van der Waals surface area contributed by atoms with Crippen molar-refractivity contribution in [3.8, 4) is 0 Å². The van der Waals surface area contributed by atoms with Crippen molar-refractivity contribution in [3.63, 3.8) is 0 Å². The average molecular weight is 450 g/mol. The second kappa shape index (κ2) is 10.7. The molecule has 2 aliphatic rings. The van der Waals surface area contributed by atoms with Crippen LogP contribution in [0.2, 0.25) is 0 Å². The van der Waals surface area contributed by atoms with Crippen LogP contribution in [0.25, 0.3) is 0 Å². The minimum absolute atomic E-state index is 0.156. The van der Waals surface area contributed by atoms with Crippen LogP contribution in [0.3, 0.4) is 0 Å². The lowest BCUT2D eigenvalue weighted by Crippen LogP contribution is -2.52. The monoisotopic (exact) mass is 449 g/mol. The van der Waals surface area contributed by atoms with Crippen LogP contribution < -0.4 is 5.32 Å². The molecule has 0 atom stereocenters. The van der Waals surface area contributed by atoms with Crippen LogP contribution in [0.5, 0.6) is 0 Å². The largest absolute Gasteiger partial charge is 0.444 e. The van der Waals surface area contributed by atoms with E-state index in [9.17, 15) is 4.79 Å². The Labute approximate surface area is 191 Å². The summed E-state index contributed by atoms with van der Waals surface area (Å²) in [7, 11) is 0. The van der Waals surface area contributed by atoms with Crippen molar-refractivity contribution in [2.75, 3.05) is 32.7 Å². The Morgan fingerprint density at radius 1 is 1.32 bits per heavy atom. The minimum Gasteiger partial charge on any atom is -0.444 e. The molecular formula is C23H39N5O2S. The molecule has 7 nitrogen and oxygen atoms in total. The van der Waals surface area contributed by atoms with Crippen LogP contribution in [0, 0.1) is 12.8 Å². The van der Waals surface area contributed by atoms with Gasteiger partial charge in [-0.15, -0.1) is 11.3 Å². The molecule has 0 aromatic carbocycles. The molecule has 1 saturated heterocycles. The average Bonchev–Trinajstić information content (AvgIpc) is 3.44. The van der Waals surface area contributed by atoms with Crippen molar-refractivity contribution in [2.45, 2.75) is 78.4 Å². The number of likely N-dealkylation sites (tertiary alicyclic amines) is 1. The van der Waals surface area contributed by atoms with Crippen LogP contribution in [0.4, 0.5) is 4.79 Å². The number of aryl methyl sites for hydroxylation is 1. The first-order chi connectivity index (χ1) is 14.7. The maximum absolute atomic E-state index is 12.9. The number of carbonyl (C=O) groups excluding carboxylic acids is 1. The normalized spacial score (nSPS) is 18.2. The summed E-state index contributed by atoms with van der Waals surface area (Å²) in [6, 6.07) is 0.243. The maximum atomic E-state index is 12.9. The zero-order valence-electron chi connectivity index (χ0n) is 19.8. The molecule has 1 aromatic heterocycles. The highest BCUT2D eigenvalue weighted by Gasteiger charge is 2.35. The Kier molecular flexibility index (Phi) is 8.19. The number of nitrogens with one attached hydrogen (secondary N) is 1. The van der Waals surface area contributed by atoms with E-state index in [1.54, 1.807) is 11.3 Å². The summed E-state index contributed by atoms with van der Waals surface area (Å²) < 4.78 is 5.72. The van der Waals surface area contributed by atoms with Gasteiger partial charge in [-0.1, -0.05) is 0 Å². The summed E-state index contributed by atoms with van der Waals surface area (Å²) in [4.78, 5) is 26.6. The van der Waals surface area contributed by atoms with Gasteiger partial charge in [0.25, 0.3) is 0 Å². The number of rotatable bonds is 7. The van der Waals surface area contributed by atoms with Gasteiger partial charge in [-0.05, 0) is 66.2 Å². The number of aliphatic imine (C=N–C) groups is 1. The van der Waals surface area contributed by atoms with Crippen molar-refractivity contribution in [3.05, 3.63) is 16.1 Å². The van der Waals surface area contributed by atoms with Gasteiger partial charge in [-0.25, -0.2) is 9.78 Å². The lowest BCUT2D eigenvalue weighted by molar-refractivity contribution is 0.00928. The third kappa shape index (κ3) is 7.66. The molecule has 8 heteroatoms. The molecular weight excluding hydrogens is 410 g/mol. The predicted molar refractivity (Wildman–Crippen MR) is 127 cm³/mol. The lowest BCUT2D eigenvalue weighted by Gasteiger charge is -2.40. The molecule has 2 heterocycles. The first kappa shape index (κ1) is 23.8. The Balaban J connectivity index is 1.56. The molecule has 0 spiro atoms. The van der Waals surface area contributed by atoms with E-state index >= 15 is 0 Å². The number of amides is 1. The maximum Gasteiger partial charge on any atom is 0.410 e. The molecule has 0 radical (unpaired) electrons. The summed E-state index contributed by atoms with van der Waals surface area (Å²) in [5.74, 6) is 1.62. The highest BCUT2D eigenvalue weighted by molar-refractivity contribution is 7.09. The standard InChI is InChI=1S/C23H39N5O2S/c1-6-24-21(25-12-9-19-16-31-17(2)26-19)27-13-10-20(11-14-27)28(15-18-7-8-18)22(29)30-23(3,4)5/h16,18,20H,6-15H2,1-5H3,(H,24,25). The van der Waals surface area contributed by atoms with Gasteiger partial charge in [0, 0.05) is 50.6 Å². The summed E-state index contributed by atoms with van der Waals surface area (Å²) in [6.07, 6.45) is 5.06. The molecule has 1 saturated carbocycles. The SMILES string of the molecule is CCNC(=NCCc1csc(C)n1)N1CCC(N(CC2CC2)C(=O)OC(C)(C)C)CC1. The molecule has 2 fully saturated rings. The fourth-order valence-corrected chi connectivity index (χ4v) is 4.53. The van der Waals surface area contributed by atoms with E-state index in [1.165, 1.54) is 12.8 Å². The molecule has 1 aliphatic carbocycles. The Bertz CT molecular complexity index is 745. The van der Waals surface area contributed by atoms with Gasteiger partial charge in [-0.2, -0.15) is 0 Å². The van der Waals surface area contributed by atoms with E-state index in [0.29, 0.717) is 5.92 Å². The number of piperidine rings is 1. The number of thiazole rings is 1. The van der Waals surface area contributed by atoms with Gasteiger partial charge < -0.3 is 19.9 Å². The molecule has 1 aliphatic heterocycles. The number of nitrogens with zero attached hydrogens (tertiary/aromatic N) is 4. The smallest absolute Gasteiger partial charge is 0.410 e. The van der Waals surface area contributed by atoms with Gasteiger partial charge in [0.1, 0.15) is 5.60 Å². The van der Waals surface area contributed by atoms with Crippen molar-refractivity contribution in [1.82, 2.24) is 20.1 Å². The number of hydrogen-bond acceptors (Lipinski definition) is 5. The van der Waals surface area contributed by atoms with Gasteiger partial charge in [-0.3, -0.25) is 4.99 Å². The Hall–Kier alpha value is -1.83. The second-order valence-electron chi connectivity index (χ2n) is 9.64. The van der Waals surface area contributed by atoms with E-state index in [4.69, 9.17) is 9.73 Å². The number of ether oxygens (including phenoxy) is 1. The van der Waals surface area contributed by atoms with Gasteiger partial charge in [0.15, 0.2) is 5.96 Å². The predicted octanol–water partition coefficient (Wildman–Crippen LogP) is 4.07. The van der Waals surface area contributed by atoms with Gasteiger partial charge in [0.2, 0.25) is 0 Å². The molecule has 0 bridgehead atoms. The molecule has 0 unspecified atom stereocenters. The van der Waals surface area contributed by atoms with E-state index in [1.807, 2.05) is 32.6 Å². The quantitative estimate of drug-likeness (QED) is 0.502. The fourth-order valence-electron chi connectivity index (χ4n) is 3.89. The van der Waals surface area contributed by atoms with Crippen molar-refractivity contribution < 1.29 is 9.53 Å². The molecule has 31 heavy (non-hydrogen) atoms. The van der Waals surface area contributed by atoms with Crippen LogP contribution in [0.15, 0.2) is 10.4 Å². The summed E-state index contributed by atoms with van der Waals surface area (Å²) in [5.41, 5.74) is 0.661. The Morgan fingerprint density at radius 2 is 2.03 bits per heavy atom. The van der Waals surface area contributed by atoms with Crippen LogP contribution in [-0.2, 0) is 11.2 Å². The lowest BCUT2D eigenvalue weighted by atomic mass is 10.0. The minimum atomic E-state index is -0.458. The molecule has 3 rings (SSSR count). The summed E-state index contributed by atoms with van der Waals surface area (Å²) in [5, 5.41) is 6.66. The van der Waals surface area contributed by atoms with Crippen LogP contribution >= 0.6 is 11.3 Å². The topological polar surface area (TPSA) is 70.1 Å². The highest BCUT2D eigenvalue weighted by atomic mass is 32.1. The van der Waals surface area contributed by atoms with E-state index in [-0.39, 0.29) is 12.1 Å². The third-order valence-corrected chi connectivity index (χ3v) is 6.44. The van der Waals surface area contributed by atoms with Crippen molar-refractivity contribution in [1.29, 1.82) is 0 Å². The molecule has 174 valence electrons. The van der Waals surface area contributed by atoms with E-state index < -0.39 is 5.60 Å². The van der Waals surface area contributed by atoms with E-state index in [2.05, 4.69) is 27.5 Å². The second-order valence-corrected chi connectivity index (χ2v) is 10.7. The number of carbonyl (C=O) groups is 1. The molecule has 1 N–H and O–H groups in total. The van der Waals surface area contributed by atoms with Gasteiger partial charge >= 0.3 is 6.09 Å². The number of guanidine groups is 1. The molecule has 1 aromatic rings. The zero-order chi connectivity index (χ0) is 22.4. The van der Waals surface area contributed by atoms with Crippen molar-refractivity contribution >= 4 is 23.4 Å². The van der Waals surface area contributed by atoms with Crippen LogP contribution in [-0.4, -0.2) is 71.2 Å². The fraction of sp³-hybridized carbons (Fsp3) is 0.783. The molecule has 1 amide bonds. The van der Waals surface area contributed by atoms with Crippen molar-refractivity contribution in [2.24, 2.45) is 10.9 Å². The Morgan fingerprint density at radius 3 is 2.58 bits per heavy atom. The third-order valence-electron chi connectivity index (χ3n) is 5.62.